The Hall–Kier alpha value is -1.20. The number of carbonyl (C=O) groups excluding carboxylic acids is 1. The van der Waals surface area contributed by atoms with E-state index in [0.717, 1.165) is 18.2 Å². The summed E-state index contributed by atoms with van der Waals surface area (Å²) in [5.41, 5.74) is 7.05. The van der Waals surface area contributed by atoms with Gasteiger partial charge in [-0.15, -0.1) is 0 Å². The Bertz CT molecular complexity index is 429. The highest BCUT2D eigenvalue weighted by Gasteiger charge is 2.14. The lowest BCUT2D eigenvalue weighted by Crippen LogP contribution is -2.28. The molecule has 0 saturated carbocycles. The second-order valence-electron chi connectivity index (χ2n) is 5.30. The summed E-state index contributed by atoms with van der Waals surface area (Å²) in [7, 11) is 0. The van der Waals surface area contributed by atoms with Crippen LogP contribution in [-0.2, 0) is 0 Å². The molecule has 1 atom stereocenters. The minimum atomic E-state index is -0.529. The van der Waals surface area contributed by atoms with Crippen LogP contribution < -0.4 is 16.4 Å². The van der Waals surface area contributed by atoms with Crippen LogP contribution in [0.25, 0.3) is 0 Å². The Kier molecular flexibility index (Phi) is 5.73. The molecule has 1 unspecified atom stereocenters. The van der Waals surface area contributed by atoms with Gasteiger partial charge >= 0.3 is 6.03 Å². The van der Waals surface area contributed by atoms with E-state index >= 15 is 0 Å². The quantitative estimate of drug-likeness (QED) is 0.782. The number of hydrogen-bond acceptors (Lipinski definition) is 3. The third-order valence-electron chi connectivity index (χ3n) is 3.73. The van der Waals surface area contributed by atoms with Crippen molar-refractivity contribution in [2.24, 2.45) is 11.7 Å². The summed E-state index contributed by atoms with van der Waals surface area (Å²) in [6.45, 7) is 3.26. The SMILES string of the molecule is CC(NCC1CCSCC1)c1ccc(NC(N)=O)cc1. The number of benzene rings is 1. The number of nitrogens with two attached hydrogens (primary N) is 1. The third-order valence-corrected chi connectivity index (χ3v) is 4.78. The Balaban J connectivity index is 1.82. The smallest absolute Gasteiger partial charge is 0.316 e. The van der Waals surface area contributed by atoms with Gasteiger partial charge in [0.2, 0.25) is 0 Å². The van der Waals surface area contributed by atoms with Crippen molar-refractivity contribution in [3.63, 3.8) is 0 Å². The molecule has 1 aliphatic heterocycles. The number of primary amides is 1. The van der Waals surface area contributed by atoms with Crippen LogP contribution in [0, 0.1) is 5.92 Å². The van der Waals surface area contributed by atoms with Crippen molar-refractivity contribution in [3.05, 3.63) is 29.8 Å². The maximum Gasteiger partial charge on any atom is 0.316 e. The van der Waals surface area contributed by atoms with E-state index in [-0.39, 0.29) is 0 Å². The number of nitrogens with one attached hydrogen (secondary N) is 2. The van der Waals surface area contributed by atoms with Gasteiger partial charge in [-0.1, -0.05) is 12.1 Å². The molecule has 0 aliphatic carbocycles. The summed E-state index contributed by atoms with van der Waals surface area (Å²) in [5, 5.41) is 6.18. The molecule has 4 nitrogen and oxygen atoms in total. The standard InChI is InChI=1S/C15H23N3OS/c1-11(17-10-12-6-8-20-9-7-12)13-2-4-14(5-3-13)18-15(16)19/h2-5,11-12,17H,6-10H2,1H3,(H3,16,18,19). The molecule has 2 rings (SSSR count). The molecule has 1 aliphatic rings. The molecule has 0 radical (unpaired) electrons. The molecule has 0 aromatic heterocycles. The number of hydrogen-bond donors (Lipinski definition) is 3. The first-order valence-electron chi connectivity index (χ1n) is 7.12. The molecule has 0 spiro atoms. The second-order valence-corrected chi connectivity index (χ2v) is 6.52. The highest BCUT2D eigenvalue weighted by Crippen LogP contribution is 2.23. The summed E-state index contributed by atoms with van der Waals surface area (Å²) >= 11 is 2.06. The van der Waals surface area contributed by atoms with Crippen molar-refractivity contribution in [3.8, 4) is 0 Å². The normalized spacial score (nSPS) is 17.6. The van der Waals surface area contributed by atoms with Crippen molar-refractivity contribution < 1.29 is 4.79 Å². The van der Waals surface area contributed by atoms with Crippen molar-refractivity contribution in [2.45, 2.75) is 25.8 Å². The molecule has 1 fully saturated rings. The van der Waals surface area contributed by atoms with Gasteiger partial charge < -0.3 is 16.4 Å². The molecule has 1 aromatic carbocycles. The molecular formula is C15H23N3OS. The number of urea groups is 1. The van der Waals surface area contributed by atoms with E-state index in [4.69, 9.17) is 5.73 Å². The van der Waals surface area contributed by atoms with Gasteiger partial charge in [0.1, 0.15) is 0 Å². The number of amides is 2. The molecule has 1 saturated heterocycles. The van der Waals surface area contributed by atoms with Gasteiger partial charge in [-0.2, -0.15) is 11.8 Å². The zero-order valence-corrected chi connectivity index (χ0v) is 12.7. The monoisotopic (exact) mass is 293 g/mol. The van der Waals surface area contributed by atoms with Crippen molar-refractivity contribution in [1.82, 2.24) is 5.32 Å². The minimum Gasteiger partial charge on any atom is -0.351 e. The van der Waals surface area contributed by atoms with Crippen LogP contribution >= 0.6 is 11.8 Å². The summed E-state index contributed by atoms with van der Waals surface area (Å²) in [4.78, 5) is 10.8. The number of thioether (sulfide) groups is 1. The maximum atomic E-state index is 10.8. The lowest BCUT2D eigenvalue weighted by atomic mass is 10.0. The predicted molar refractivity (Wildman–Crippen MR) is 86.1 cm³/mol. The van der Waals surface area contributed by atoms with Gasteiger partial charge in [0.15, 0.2) is 0 Å². The van der Waals surface area contributed by atoms with Crippen LogP contribution in [0.1, 0.15) is 31.4 Å². The van der Waals surface area contributed by atoms with Gasteiger partial charge in [0.25, 0.3) is 0 Å². The summed E-state index contributed by atoms with van der Waals surface area (Å²) < 4.78 is 0. The third kappa shape index (κ3) is 4.72. The van der Waals surface area contributed by atoms with Crippen LogP contribution in [0.3, 0.4) is 0 Å². The van der Waals surface area contributed by atoms with Crippen LogP contribution in [0.15, 0.2) is 24.3 Å². The Labute approximate surface area is 124 Å². The zero-order valence-electron chi connectivity index (χ0n) is 11.9. The lowest BCUT2D eigenvalue weighted by molar-refractivity contribution is 0.259. The van der Waals surface area contributed by atoms with Crippen LogP contribution in [-0.4, -0.2) is 24.1 Å². The Morgan fingerprint density at radius 2 is 2.00 bits per heavy atom. The number of anilines is 1. The lowest BCUT2D eigenvalue weighted by Gasteiger charge is -2.24. The molecule has 20 heavy (non-hydrogen) atoms. The number of rotatable bonds is 5. The van der Waals surface area contributed by atoms with E-state index < -0.39 is 6.03 Å². The summed E-state index contributed by atoms with van der Waals surface area (Å²) in [6, 6.07) is 7.62. The molecule has 5 heteroatoms. The number of carbonyl (C=O) groups is 1. The molecule has 110 valence electrons. The van der Waals surface area contributed by atoms with E-state index in [1.807, 2.05) is 24.3 Å². The minimum absolute atomic E-state index is 0.326. The molecule has 4 N–H and O–H groups in total. The topological polar surface area (TPSA) is 67.2 Å². The van der Waals surface area contributed by atoms with E-state index in [0.29, 0.717) is 6.04 Å². The van der Waals surface area contributed by atoms with Crippen molar-refractivity contribution in [2.75, 3.05) is 23.4 Å². The molecular weight excluding hydrogens is 270 g/mol. The van der Waals surface area contributed by atoms with Crippen LogP contribution in [0.5, 0.6) is 0 Å². The van der Waals surface area contributed by atoms with E-state index in [1.54, 1.807) is 0 Å². The van der Waals surface area contributed by atoms with E-state index in [2.05, 4.69) is 29.3 Å². The van der Waals surface area contributed by atoms with Gasteiger partial charge in [-0.05, 0) is 61.4 Å². The predicted octanol–water partition coefficient (Wildman–Crippen LogP) is 2.97. The average molecular weight is 293 g/mol. The largest absolute Gasteiger partial charge is 0.351 e. The summed E-state index contributed by atoms with van der Waals surface area (Å²) in [6.07, 6.45) is 2.65. The highest BCUT2D eigenvalue weighted by atomic mass is 32.2. The van der Waals surface area contributed by atoms with Crippen LogP contribution in [0.2, 0.25) is 0 Å². The van der Waals surface area contributed by atoms with E-state index in [1.165, 1.54) is 29.9 Å². The van der Waals surface area contributed by atoms with Crippen molar-refractivity contribution >= 4 is 23.5 Å². The average Bonchev–Trinajstić information content (AvgIpc) is 2.46. The Morgan fingerprint density at radius 3 is 2.60 bits per heavy atom. The molecule has 1 heterocycles. The fraction of sp³-hybridized carbons (Fsp3) is 0.533. The van der Waals surface area contributed by atoms with Crippen molar-refractivity contribution in [1.29, 1.82) is 0 Å². The second kappa shape index (κ2) is 7.55. The maximum absolute atomic E-state index is 10.8. The summed E-state index contributed by atoms with van der Waals surface area (Å²) in [5.74, 6) is 3.41. The van der Waals surface area contributed by atoms with Gasteiger partial charge in [0, 0.05) is 11.7 Å². The van der Waals surface area contributed by atoms with Gasteiger partial charge in [0.05, 0.1) is 0 Å². The molecule has 2 amide bonds. The van der Waals surface area contributed by atoms with E-state index in [9.17, 15) is 4.79 Å². The first-order chi connectivity index (χ1) is 9.65. The molecule has 1 aromatic rings. The highest BCUT2D eigenvalue weighted by molar-refractivity contribution is 7.99. The fourth-order valence-electron chi connectivity index (χ4n) is 2.41. The fourth-order valence-corrected chi connectivity index (χ4v) is 3.61. The Morgan fingerprint density at radius 1 is 1.35 bits per heavy atom. The first-order valence-corrected chi connectivity index (χ1v) is 8.28. The van der Waals surface area contributed by atoms with Gasteiger partial charge in [-0.3, -0.25) is 0 Å². The van der Waals surface area contributed by atoms with Gasteiger partial charge in [-0.25, -0.2) is 4.79 Å². The first kappa shape index (κ1) is 15.2. The van der Waals surface area contributed by atoms with Crippen LogP contribution in [0.4, 0.5) is 10.5 Å². The zero-order chi connectivity index (χ0) is 14.4. The molecule has 0 bridgehead atoms.